The number of aliphatic hydroxyl groups excluding tert-OH is 1. The molecule has 0 saturated carbocycles. The van der Waals surface area contributed by atoms with E-state index in [1.165, 1.54) is 24.8 Å². The van der Waals surface area contributed by atoms with E-state index in [2.05, 4.69) is 32.1 Å². The molecule has 20 heavy (non-hydrogen) atoms. The van der Waals surface area contributed by atoms with Gasteiger partial charge in [0.05, 0.1) is 18.4 Å². The first kappa shape index (κ1) is 13.6. The van der Waals surface area contributed by atoms with Crippen molar-refractivity contribution in [1.82, 2.24) is 15.0 Å². The number of carbonyl (C=O) groups is 1. The van der Waals surface area contributed by atoms with Crippen molar-refractivity contribution in [2.24, 2.45) is 0 Å². The monoisotopic (exact) mass is 268 g/mol. The van der Waals surface area contributed by atoms with Gasteiger partial charge in [0.2, 0.25) is 0 Å². The molecule has 0 aromatic carbocycles. The van der Waals surface area contributed by atoms with E-state index in [1.807, 2.05) is 0 Å². The quantitative estimate of drug-likeness (QED) is 0.806. The molecule has 2 rings (SSSR count). The molecule has 2 aromatic rings. The van der Waals surface area contributed by atoms with Gasteiger partial charge in [-0.3, -0.25) is 14.8 Å². The van der Waals surface area contributed by atoms with Gasteiger partial charge in [0.15, 0.2) is 5.82 Å². The summed E-state index contributed by atoms with van der Waals surface area (Å²) in [5.41, 5.74) is 0.997. The fourth-order valence-electron chi connectivity index (χ4n) is 1.41. The number of hydrogen-bond donors (Lipinski definition) is 2. The van der Waals surface area contributed by atoms with Gasteiger partial charge in [-0.25, -0.2) is 4.98 Å². The van der Waals surface area contributed by atoms with Crippen molar-refractivity contribution in [3.8, 4) is 11.8 Å². The zero-order valence-corrected chi connectivity index (χ0v) is 10.6. The first-order valence-corrected chi connectivity index (χ1v) is 5.92. The van der Waals surface area contributed by atoms with Crippen molar-refractivity contribution < 1.29 is 9.90 Å². The van der Waals surface area contributed by atoms with Crippen molar-refractivity contribution in [1.29, 1.82) is 0 Å². The van der Waals surface area contributed by atoms with Crippen molar-refractivity contribution in [3.63, 3.8) is 0 Å². The molecular formula is C14H12N4O2. The minimum Gasteiger partial charge on any atom is -0.395 e. The Kier molecular flexibility index (Phi) is 4.76. The highest BCUT2D eigenvalue weighted by Gasteiger charge is 2.07. The van der Waals surface area contributed by atoms with Crippen LogP contribution in [0, 0.1) is 11.8 Å². The molecule has 0 unspecified atom stereocenters. The molecule has 2 heterocycles. The summed E-state index contributed by atoms with van der Waals surface area (Å²) in [4.78, 5) is 23.8. The van der Waals surface area contributed by atoms with Crippen LogP contribution >= 0.6 is 0 Å². The molecule has 0 aliphatic heterocycles. The predicted octanol–water partition coefficient (Wildman–Crippen LogP) is 0.858. The van der Waals surface area contributed by atoms with E-state index in [4.69, 9.17) is 5.11 Å². The SMILES string of the molecule is O=C(Nc1cnccn1)c1cncc(C#CCCO)c1. The highest BCUT2D eigenvalue weighted by atomic mass is 16.2. The second kappa shape index (κ2) is 6.97. The molecule has 1 amide bonds. The summed E-state index contributed by atoms with van der Waals surface area (Å²) < 4.78 is 0. The number of amides is 1. The average molecular weight is 268 g/mol. The zero-order chi connectivity index (χ0) is 14.2. The van der Waals surface area contributed by atoms with E-state index < -0.39 is 0 Å². The maximum absolute atomic E-state index is 12.0. The predicted molar refractivity (Wildman–Crippen MR) is 72.8 cm³/mol. The molecule has 0 aliphatic carbocycles. The minimum atomic E-state index is -0.330. The summed E-state index contributed by atoms with van der Waals surface area (Å²) in [6.45, 7) is 0.00722. The molecule has 6 heteroatoms. The van der Waals surface area contributed by atoms with E-state index in [0.717, 1.165) is 0 Å². The number of aromatic nitrogens is 3. The van der Waals surface area contributed by atoms with E-state index in [9.17, 15) is 4.79 Å². The molecular weight excluding hydrogens is 256 g/mol. The van der Waals surface area contributed by atoms with E-state index in [1.54, 1.807) is 12.3 Å². The maximum atomic E-state index is 12.0. The Morgan fingerprint density at radius 1 is 1.25 bits per heavy atom. The third-order valence-corrected chi connectivity index (χ3v) is 2.27. The maximum Gasteiger partial charge on any atom is 0.258 e. The molecule has 2 aromatic heterocycles. The molecule has 0 aliphatic rings. The van der Waals surface area contributed by atoms with Crippen LogP contribution in [-0.4, -0.2) is 32.6 Å². The van der Waals surface area contributed by atoms with Gasteiger partial charge < -0.3 is 10.4 Å². The van der Waals surface area contributed by atoms with Crippen molar-refractivity contribution in [2.45, 2.75) is 6.42 Å². The van der Waals surface area contributed by atoms with Crippen LogP contribution in [-0.2, 0) is 0 Å². The zero-order valence-electron chi connectivity index (χ0n) is 10.6. The molecule has 0 saturated heterocycles. The lowest BCUT2D eigenvalue weighted by molar-refractivity contribution is 0.102. The van der Waals surface area contributed by atoms with Crippen LogP contribution in [0.5, 0.6) is 0 Å². The van der Waals surface area contributed by atoms with Crippen molar-refractivity contribution in [3.05, 3.63) is 48.2 Å². The van der Waals surface area contributed by atoms with Crippen LogP contribution in [0.25, 0.3) is 0 Å². The number of carbonyl (C=O) groups excluding carboxylic acids is 1. The smallest absolute Gasteiger partial charge is 0.258 e. The number of hydrogen-bond acceptors (Lipinski definition) is 5. The van der Waals surface area contributed by atoms with Crippen LogP contribution in [0.15, 0.2) is 37.1 Å². The Hall–Kier alpha value is -2.78. The summed E-state index contributed by atoms with van der Waals surface area (Å²) in [5.74, 6) is 5.64. The largest absolute Gasteiger partial charge is 0.395 e. The fourth-order valence-corrected chi connectivity index (χ4v) is 1.41. The van der Waals surface area contributed by atoms with Crippen molar-refractivity contribution in [2.75, 3.05) is 11.9 Å². The molecule has 0 bridgehead atoms. The van der Waals surface area contributed by atoms with E-state index in [-0.39, 0.29) is 12.5 Å². The molecule has 0 fully saturated rings. The lowest BCUT2D eigenvalue weighted by Gasteiger charge is -2.03. The van der Waals surface area contributed by atoms with Crippen LogP contribution in [0.4, 0.5) is 5.82 Å². The molecule has 0 radical (unpaired) electrons. The fraction of sp³-hybridized carbons (Fsp3) is 0.143. The van der Waals surface area contributed by atoms with Gasteiger partial charge in [0, 0.05) is 36.8 Å². The highest BCUT2D eigenvalue weighted by Crippen LogP contribution is 2.05. The Morgan fingerprint density at radius 3 is 2.90 bits per heavy atom. The minimum absolute atomic E-state index is 0.00722. The van der Waals surface area contributed by atoms with Gasteiger partial charge in [-0.15, -0.1) is 0 Å². The third-order valence-electron chi connectivity index (χ3n) is 2.27. The van der Waals surface area contributed by atoms with Crippen molar-refractivity contribution >= 4 is 11.7 Å². The van der Waals surface area contributed by atoms with Gasteiger partial charge in [-0.2, -0.15) is 0 Å². The van der Waals surface area contributed by atoms with Gasteiger partial charge in [-0.05, 0) is 6.07 Å². The number of rotatable bonds is 3. The van der Waals surface area contributed by atoms with Gasteiger partial charge >= 0.3 is 0 Å². The molecule has 0 atom stereocenters. The summed E-state index contributed by atoms with van der Waals surface area (Å²) >= 11 is 0. The summed E-state index contributed by atoms with van der Waals surface area (Å²) in [5, 5.41) is 11.3. The first-order valence-electron chi connectivity index (χ1n) is 5.92. The lowest BCUT2D eigenvalue weighted by atomic mass is 10.2. The normalized spacial score (nSPS) is 9.45. The Bertz CT molecular complexity index is 647. The van der Waals surface area contributed by atoms with Crippen LogP contribution in [0.3, 0.4) is 0 Å². The number of anilines is 1. The molecule has 100 valence electrons. The van der Waals surface area contributed by atoms with E-state index >= 15 is 0 Å². The number of nitrogens with zero attached hydrogens (tertiary/aromatic N) is 3. The van der Waals surface area contributed by atoms with E-state index in [0.29, 0.717) is 23.4 Å². The Labute approximate surface area is 115 Å². The second-order valence-corrected chi connectivity index (χ2v) is 3.78. The number of pyridine rings is 1. The summed E-state index contributed by atoms with van der Waals surface area (Å²) in [6, 6.07) is 1.63. The van der Waals surface area contributed by atoms with Crippen LogP contribution in [0.1, 0.15) is 22.3 Å². The van der Waals surface area contributed by atoms with Gasteiger partial charge in [0.25, 0.3) is 5.91 Å². The molecule has 6 nitrogen and oxygen atoms in total. The topological polar surface area (TPSA) is 88.0 Å². The average Bonchev–Trinajstić information content (AvgIpc) is 2.49. The summed E-state index contributed by atoms with van der Waals surface area (Å²) in [6.07, 6.45) is 7.86. The highest BCUT2D eigenvalue weighted by molar-refractivity contribution is 6.03. The standard InChI is InChI=1S/C14H12N4O2/c19-6-2-1-3-11-7-12(9-16-8-11)14(20)18-13-10-15-4-5-17-13/h4-5,7-10,19H,2,6H2,(H,17,18,20). The molecule has 2 N–H and O–H groups in total. The van der Waals surface area contributed by atoms with Crippen LogP contribution < -0.4 is 5.32 Å². The number of aliphatic hydroxyl groups is 1. The number of nitrogens with one attached hydrogen (secondary N) is 1. The second-order valence-electron chi connectivity index (χ2n) is 3.78. The third kappa shape index (κ3) is 3.86. The lowest BCUT2D eigenvalue weighted by Crippen LogP contribution is -2.13. The Balaban J connectivity index is 2.11. The first-order chi connectivity index (χ1) is 9.79. The van der Waals surface area contributed by atoms with Crippen LogP contribution in [0.2, 0.25) is 0 Å². The van der Waals surface area contributed by atoms with Gasteiger partial charge in [0.1, 0.15) is 0 Å². The Morgan fingerprint density at radius 2 is 2.15 bits per heavy atom. The molecule has 0 spiro atoms. The summed E-state index contributed by atoms with van der Waals surface area (Å²) in [7, 11) is 0. The van der Waals surface area contributed by atoms with Gasteiger partial charge in [-0.1, -0.05) is 11.8 Å².